The maximum atomic E-state index is 13.0. The first-order valence-corrected chi connectivity index (χ1v) is 10.00. The van der Waals surface area contributed by atoms with Crippen molar-refractivity contribution in [1.82, 2.24) is 0 Å². The van der Waals surface area contributed by atoms with E-state index in [-0.39, 0.29) is 11.3 Å². The van der Waals surface area contributed by atoms with E-state index in [9.17, 15) is 9.59 Å². The smallest absolute Gasteiger partial charge is 0.256 e. The van der Waals surface area contributed by atoms with E-state index >= 15 is 0 Å². The molecule has 1 heterocycles. The quantitative estimate of drug-likeness (QED) is 0.519. The molecule has 4 rings (SSSR count). The van der Waals surface area contributed by atoms with E-state index in [1.807, 2.05) is 0 Å². The molecule has 0 atom stereocenters. The highest BCUT2D eigenvalue weighted by Crippen LogP contribution is 2.38. The van der Waals surface area contributed by atoms with Crippen LogP contribution in [0.25, 0.3) is 0 Å². The van der Waals surface area contributed by atoms with Gasteiger partial charge in [0.2, 0.25) is 0 Å². The largest absolute Gasteiger partial charge is 0.486 e. The Morgan fingerprint density at radius 3 is 2.21 bits per heavy atom. The van der Waals surface area contributed by atoms with Crippen molar-refractivity contribution in [2.45, 2.75) is 0 Å². The van der Waals surface area contributed by atoms with Crippen molar-refractivity contribution in [2.24, 2.45) is 0 Å². The van der Waals surface area contributed by atoms with Crippen LogP contribution in [0.15, 0.2) is 65.1 Å². The number of carbonyl (C=O) groups is 2. The molecular formula is C22H15BrClNO4. The third kappa shape index (κ3) is 4.13. The van der Waals surface area contributed by atoms with Gasteiger partial charge in [0, 0.05) is 32.8 Å². The molecule has 0 saturated carbocycles. The van der Waals surface area contributed by atoms with Gasteiger partial charge in [0.15, 0.2) is 17.3 Å². The lowest BCUT2D eigenvalue weighted by atomic mass is 9.98. The van der Waals surface area contributed by atoms with Crippen molar-refractivity contribution in [1.29, 1.82) is 0 Å². The zero-order chi connectivity index (χ0) is 20.4. The van der Waals surface area contributed by atoms with Gasteiger partial charge in [-0.3, -0.25) is 9.59 Å². The molecule has 1 amide bonds. The lowest BCUT2D eigenvalue weighted by molar-refractivity contribution is 0.0996. The summed E-state index contributed by atoms with van der Waals surface area (Å²) in [5, 5.41) is 3.38. The topological polar surface area (TPSA) is 64.6 Å². The first-order chi connectivity index (χ1) is 14.0. The molecule has 1 aliphatic rings. The first-order valence-electron chi connectivity index (χ1n) is 8.83. The summed E-state index contributed by atoms with van der Waals surface area (Å²) in [4.78, 5) is 25.9. The van der Waals surface area contributed by atoms with Gasteiger partial charge in [-0.25, -0.2) is 0 Å². The highest BCUT2D eigenvalue weighted by molar-refractivity contribution is 9.10. The van der Waals surface area contributed by atoms with Crippen LogP contribution in [0.3, 0.4) is 0 Å². The minimum Gasteiger partial charge on any atom is -0.486 e. The van der Waals surface area contributed by atoms with Crippen molar-refractivity contribution < 1.29 is 19.1 Å². The summed E-state index contributed by atoms with van der Waals surface area (Å²) in [6.45, 7) is 0.922. The van der Waals surface area contributed by atoms with Crippen LogP contribution in [-0.4, -0.2) is 24.9 Å². The molecular weight excluding hydrogens is 458 g/mol. The SMILES string of the molecule is O=C(Nc1cc2c(cc1Br)OCCO2)c1ccccc1C(=O)c1ccc(Cl)cc1. The number of anilines is 1. The van der Waals surface area contributed by atoms with Gasteiger partial charge in [-0.1, -0.05) is 29.8 Å². The second-order valence-corrected chi connectivity index (χ2v) is 7.60. The molecule has 5 nitrogen and oxygen atoms in total. The van der Waals surface area contributed by atoms with Gasteiger partial charge in [-0.2, -0.15) is 0 Å². The fourth-order valence-corrected chi connectivity index (χ4v) is 3.53. The number of benzene rings is 3. The fraction of sp³-hybridized carbons (Fsp3) is 0.0909. The molecule has 7 heteroatoms. The summed E-state index contributed by atoms with van der Waals surface area (Å²) in [5.74, 6) is 0.508. The minimum atomic E-state index is -0.403. The maximum absolute atomic E-state index is 13.0. The highest BCUT2D eigenvalue weighted by Gasteiger charge is 2.20. The van der Waals surface area contributed by atoms with Crippen LogP contribution in [0.4, 0.5) is 5.69 Å². The Labute approximate surface area is 180 Å². The number of hydrogen-bond acceptors (Lipinski definition) is 4. The number of amides is 1. The van der Waals surface area contributed by atoms with E-state index in [0.717, 1.165) is 0 Å². The second-order valence-electron chi connectivity index (χ2n) is 6.31. The van der Waals surface area contributed by atoms with Crippen LogP contribution >= 0.6 is 27.5 Å². The van der Waals surface area contributed by atoms with E-state index in [2.05, 4.69) is 21.2 Å². The molecule has 146 valence electrons. The summed E-state index contributed by atoms with van der Waals surface area (Å²) in [5.41, 5.74) is 1.55. The average Bonchev–Trinajstić information content (AvgIpc) is 2.74. The van der Waals surface area contributed by atoms with Crippen LogP contribution < -0.4 is 14.8 Å². The van der Waals surface area contributed by atoms with Gasteiger partial charge in [0.05, 0.1) is 11.3 Å². The summed E-state index contributed by atoms with van der Waals surface area (Å²) < 4.78 is 11.8. The van der Waals surface area contributed by atoms with E-state index in [4.69, 9.17) is 21.1 Å². The van der Waals surface area contributed by atoms with E-state index in [1.165, 1.54) is 0 Å². The maximum Gasteiger partial charge on any atom is 0.256 e. The van der Waals surface area contributed by atoms with E-state index < -0.39 is 5.91 Å². The normalized spacial score (nSPS) is 12.3. The number of rotatable bonds is 4. The molecule has 0 aromatic heterocycles. The molecule has 29 heavy (non-hydrogen) atoms. The van der Waals surface area contributed by atoms with Crippen molar-refractivity contribution >= 4 is 44.9 Å². The molecule has 1 N–H and O–H groups in total. The second kappa shape index (κ2) is 8.27. The molecule has 0 aliphatic carbocycles. The molecule has 0 spiro atoms. The van der Waals surface area contributed by atoms with Crippen LogP contribution in [0.2, 0.25) is 5.02 Å². The molecule has 0 saturated heterocycles. The molecule has 1 aliphatic heterocycles. The predicted octanol–water partition coefficient (Wildman–Crippen LogP) is 5.36. The zero-order valence-corrected chi connectivity index (χ0v) is 17.4. The van der Waals surface area contributed by atoms with Crippen molar-refractivity contribution in [3.05, 3.63) is 86.8 Å². The van der Waals surface area contributed by atoms with Crippen LogP contribution in [0.5, 0.6) is 11.5 Å². The lowest BCUT2D eigenvalue weighted by Gasteiger charge is -2.20. The average molecular weight is 473 g/mol. The minimum absolute atomic E-state index is 0.256. The Bertz CT molecular complexity index is 1100. The standard InChI is InChI=1S/C22H15BrClNO4/c23-17-11-19-20(29-10-9-28-19)12-18(17)25-22(27)16-4-2-1-3-15(16)21(26)13-5-7-14(24)8-6-13/h1-8,11-12H,9-10H2,(H,25,27). The fourth-order valence-electron chi connectivity index (χ4n) is 2.99. The summed E-state index contributed by atoms with van der Waals surface area (Å²) in [6.07, 6.45) is 0. The number of halogens is 2. The van der Waals surface area contributed by atoms with Gasteiger partial charge in [-0.15, -0.1) is 0 Å². The van der Waals surface area contributed by atoms with Gasteiger partial charge in [-0.05, 0) is 46.3 Å². The summed E-state index contributed by atoms with van der Waals surface area (Å²) >= 11 is 9.34. The van der Waals surface area contributed by atoms with Crippen molar-refractivity contribution in [2.75, 3.05) is 18.5 Å². The number of nitrogens with one attached hydrogen (secondary N) is 1. The van der Waals surface area contributed by atoms with Crippen LogP contribution in [-0.2, 0) is 0 Å². The Balaban J connectivity index is 1.63. The van der Waals surface area contributed by atoms with Crippen LogP contribution in [0, 0.1) is 0 Å². The van der Waals surface area contributed by atoms with Crippen molar-refractivity contribution in [3.63, 3.8) is 0 Å². The highest BCUT2D eigenvalue weighted by atomic mass is 79.9. The van der Waals surface area contributed by atoms with E-state index in [0.29, 0.717) is 51.0 Å². The zero-order valence-electron chi connectivity index (χ0n) is 15.1. The van der Waals surface area contributed by atoms with Gasteiger partial charge in [0.25, 0.3) is 5.91 Å². The molecule has 3 aromatic carbocycles. The van der Waals surface area contributed by atoms with Gasteiger partial charge in [0.1, 0.15) is 13.2 Å². The Kier molecular flexibility index (Phi) is 5.56. The molecule has 3 aromatic rings. The molecule has 0 radical (unpaired) electrons. The third-order valence-electron chi connectivity index (χ3n) is 4.40. The van der Waals surface area contributed by atoms with Gasteiger partial charge >= 0.3 is 0 Å². The van der Waals surface area contributed by atoms with E-state index in [1.54, 1.807) is 60.7 Å². The van der Waals surface area contributed by atoms with Gasteiger partial charge < -0.3 is 14.8 Å². The number of ketones is 1. The molecule has 0 bridgehead atoms. The number of hydrogen-bond donors (Lipinski definition) is 1. The number of carbonyl (C=O) groups excluding carboxylic acids is 2. The molecule has 0 unspecified atom stereocenters. The number of ether oxygens (including phenoxy) is 2. The lowest BCUT2D eigenvalue weighted by Crippen LogP contribution is -2.18. The Morgan fingerprint density at radius 2 is 1.52 bits per heavy atom. The number of fused-ring (bicyclic) bond motifs is 1. The summed E-state index contributed by atoms with van der Waals surface area (Å²) in [7, 11) is 0. The third-order valence-corrected chi connectivity index (χ3v) is 5.31. The first kappa shape index (κ1) is 19.5. The Morgan fingerprint density at radius 1 is 0.897 bits per heavy atom. The monoisotopic (exact) mass is 471 g/mol. The Hall–Kier alpha value is -2.83. The van der Waals surface area contributed by atoms with Crippen LogP contribution in [0.1, 0.15) is 26.3 Å². The van der Waals surface area contributed by atoms with Crippen molar-refractivity contribution in [3.8, 4) is 11.5 Å². The summed E-state index contributed by atoms with van der Waals surface area (Å²) in [6, 6.07) is 16.7. The predicted molar refractivity (Wildman–Crippen MR) is 114 cm³/mol. The molecule has 0 fully saturated rings.